The van der Waals surface area contributed by atoms with Crippen LogP contribution in [0.15, 0.2) is 29.2 Å². The van der Waals surface area contributed by atoms with Crippen LogP contribution in [-0.4, -0.2) is 23.9 Å². The van der Waals surface area contributed by atoms with Gasteiger partial charge < -0.3 is 4.90 Å². The summed E-state index contributed by atoms with van der Waals surface area (Å²) in [7, 11) is 0. The number of amides is 1. The summed E-state index contributed by atoms with van der Waals surface area (Å²) in [4.78, 5) is 14.9. The van der Waals surface area contributed by atoms with E-state index in [1.807, 2.05) is 29.2 Å². The van der Waals surface area contributed by atoms with Gasteiger partial charge in [0.05, 0.1) is 5.56 Å². The molecule has 3 heteroatoms. The van der Waals surface area contributed by atoms with Gasteiger partial charge in [-0.05, 0) is 30.4 Å². The van der Waals surface area contributed by atoms with Crippen molar-refractivity contribution in [1.82, 2.24) is 4.90 Å². The van der Waals surface area contributed by atoms with Gasteiger partial charge in [-0.1, -0.05) is 12.1 Å². The number of rotatable bonds is 1. The second-order valence-corrected chi connectivity index (χ2v) is 4.96. The number of thiol groups is 1. The lowest BCUT2D eigenvalue weighted by Gasteiger charge is -2.18. The Labute approximate surface area is 94.7 Å². The van der Waals surface area contributed by atoms with E-state index in [4.69, 9.17) is 0 Å². The van der Waals surface area contributed by atoms with Crippen LogP contribution in [0, 0.1) is 11.8 Å². The van der Waals surface area contributed by atoms with Gasteiger partial charge in [-0.2, -0.15) is 0 Å². The normalized spacial score (nSPS) is 27.7. The Balaban J connectivity index is 1.82. The average molecular weight is 219 g/mol. The Morgan fingerprint density at radius 2 is 1.93 bits per heavy atom. The second-order valence-electron chi connectivity index (χ2n) is 4.48. The summed E-state index contributed by atoms with van der Waals surface area (Å²) in [6, 6.07) is 7.52. The lowest BCUT2D eigenvalue weighted by molar-refractivity contribution is 0.0772. The van der Waals surface area contributed by atoms with E-state index in [-0.39, 0.29) is 5.91 Å². The molecule has 0 bridgehead atoms. The number of carbonyl (C=O) groups is 1. The molecule has 0 spiro atoms. The van der Waals surface area contributed by atoms with Crippen molar-refractivity contribution in [3.8, 4) is 0 Å². The van der Waals surface area contributed by atoms with E-state index < -0.39 is 0 Å². The first-order valence-electron chi connectivity index (χ1n) is 5.33. The van der Waals surface area contributed by atoms with Crippen LogP contribution >= 0.6 is 12.6 Å². The molecule has 3 rings (SSSR count). The van der Waals surface area contributed by atoms with Gasteiger partial charge in [0.1, 0.15) is 0 Å². The minimum absolute atomic E-state index is 0.146. The molecule has 2 unspecified atom stereocenters. The molecular formula is C12H13NOS. The highest BCUT2D eigenvalue weighted by Crippen LogP contribution is 2.45. The SMILES string of the molecule is O=C(c1ccccc1S)N1CC2CC2C1. The molecule has 0 radical (unpaired) electrons. The van der Waals surface area contributed by atoms with Crippen molar-refractivity contribution < 1.29 is 4.79 Å². The maximum atomic E-state index is 12.1. The van der Waals surface area contributed by atoms with Crippen molar-refractivity contribution in [3.63, 3.8) is 0 Å². The van der Waals surface area contributed by atoms with E-state index >= 15 is 0 Å². The highest BCUT2D eigenvalue weighted by molar-refractivity contribution is 7.80. The molecule has 0 N–H and O–H groups in total. The molecule has 1 amide bonds. The summed E-state index contributed by atoms with van der Waals surface area (Å²) in [5.74, 6) is 1.73. The van der Waals surface area contributed by atoms with Crippen molar-refractivity contribution in [3.05, 3.63) is 29.8 Å². The smallest absolute Gasteiger partial charge is 0.254 e. The molecule has 2 nitrogen and oxygen atoms in total. The molecule has 1 heterocycles. The van der Waals surface area contributed by atoms with E-state index in [1.54, 1.807) is 0 Å². The topological polar surface area (TPSA) is 20.3 Å². The van der Waals surface area contributed by atoms with Crippen molar-refractivity contribution in [2.75, 3.05) is 13.1 Å². The van der Waals surface area contributed by atoms with Gasteiger partial charge in [-0.25, -0.2) is 0 Å². The Morgan fingerprint density at radius 3 is 2.60 bits per heavy atom. The van der Waals surface area contributed by atoms with Gasteiger partial charge >= 0.3 is 0 Å². The highest BCUT2D eigenvalue weighted by Gasteiger charge is 2.46. The van der Waals surface area contributed by atoms with E-state index in [2.05, 4.69) is 12.6 Å². The number of fused-ring (bicyclic) bond motifs is 1. The molecule has 1 aromatic carbocycles. The molecule has 1 aliphatic heterocycles. The molecule has 2 aliphatic rings. The van der Waals surface area contributed by atoms with Crippen LogP contribution in [0.25, 0.3) is 0 Å². The molecule has 0 aromatic heterocycles. The highest BCUT2D eigenvalue weighted by atomic mass is 32.1. The van der Waals surface area contributed by atoms with Crippen LogP contribution in [0.3, 0.4) is 0 Å². The van der Waals surface area contributed by atoms with Gasteiger partial charge in [0.2, 0.25) is 0 Å². The van der Waals surface area contributed by atoms with Crippen LogP contribution < -0.4 is 0 Å². The predicted molar refractivity (Wildman–Crippen MR) is 61.2 cm³/mol. The van der Waals surface area contributed by atoms with Crippen molar-refractivity contribution in [2.45, 2.75) is 11.3 Å². The van der Waals surface area contributed by atoms with Crippen LogP contribution in [0.4, 0.5) is 0 Å². The minimum Gasteiger partial charge on any atom is -0.338 e. The third-order valence-corrected chi connectivity index (χ3v) is 3.79. The number of hydrogen-bond donors (Lipinski definition) is 1. The Bertz CT molecular complexity index is 408. The van der Waals surface area contributed by atoms with Crippen LogP contribution in [0.5, 0.6) is 0 Å². The first-order chi connectivity index (χ1) is 7.25. The zero-order chi connectivity index (χ0) is 10.4. The fourth-order valence-corrected chi connectivity index (χ4v) is 2.65. The van der Waals surface area contributed by atoms with E-state index in [0.29, 0.717) is 0 Å². The molecule has 1 aromatic rings. The maximum Gasteiger partial charge on any atom is 0.254 e. The molecule has 2 atom stereocenters. The van der Waals surface area contributed by atoms with E-state index in [0.717, 1.165) is 35.4 Å². The number of carbonyl (C=O) groups excluding carboxylic acids is 1. The standard InChI is InChI=1S/C12H13NOS/c14-12(10-3-1-2-4-11(10)15)13-6-8-5-9(8)7-13/h1-4,8-9,15H,5-7H2. The molecule has 78 valence electrons. The fourth-order valence-electron chi connectivity index (χ4n) is 2.39. The minimum atomic E-state index is 0.146. The van der Waals surface area contributed by atoms with Crippen LogP contribution in [0.1, 0.15) is 16.8 Å². The zero-order valence-corrected chi connectivity index (χ0v) is 9.28. The van der Waals surface area contributed by atoms with Gasteiger partial charge in [0.15, 0.2) is 0 Å². The van der Waals surface area contributed by atoms with Crippen molar-refractivity contribution in [2.24, 2.45) is 11.8 Å². The summed E-state index contributed by atoms with van der Waals surface area (Å²) in [5, 5.41) is 0. The summed E-state index contributed by atoms with van der Waals surface area (Å²) in [6.07, 6.45) is 1.33. The third-order valence-electron chi connectivity index (χ3n) is 3.40. The molecule has 1 saturated carbocycles. The molecular weight excluding hydrogens is 206 g/mol. The summed E-state index contributed by atoms with van der Waals surface area (Å²) >= 11 is 4.32. The molecule has 1 aliphatic carbocycles. The average Bonchev–Trinajstić information content (AvgIpc) is 2.86. The number of nitrogens with zero attached hydrogens (tertiary/aromatic N) is 1. The first kappa shape index (κ1) is 9.28. The maximum absolute atomic E-state index is 12.1. The Hall–Kier alpha value is -0.960. The van der Waals surface area contributed by atoms with Crippen molar-refractivity contribution >= 4 is 18.5 Å². The monoisotopic (exact) mass is 219 g/mol. The largest absolute Gasteiger partial charge is 0.338 e. The third kappa shape index (κ3) is 1.55. The lowest BCUT2D eigenvalue weighted by atomic mass is 10.2. The number of piperidine rings is 1. The van der Waals surface area contributed by atoms with Crippen molar-refractivity contribution in [1.29, 1.82) is 0 Å². The van der Waals surface area contributed by atoms with Gasteiger partial charge in [-0.3, -0.25) is 4.79 Å². The quantitative estimate of drug-likeness (QED) is 0.717. The Morgan fingerprint density at radius 1 is 1.27 bits per heavy atom. The summed E-state index contributed by atoms with van der Waals surface area (Å²) < 4.78 is 0. The van der Waals surface area contributed by atoms with Gasteiger partial charge in [-0.15, -0.1) is 12.6 Å². The number of benzene rings is 1. The molecule has 15 heavy (non-hydrogen) atoms. The lowest BCUT2D eigenvalue weighted by Crippen LogP contribution is -2.30. The summed E-state index contributed by atoms with van der Waals surface area (Å²) in [6.45, 7) is 1.90. The second kappa shape index (κ2) is 3.27. The zero-order valence-electron chi connectivity index (χ0n) is 8.39. The molecule has 2 fully saturated rings. The summed E-state index contributed by atoms with van der Waals surface area (Å²) in [5.41, 5.74) is 0.738. The van der Waals surface area contributed by atoms with Gasteiger partial charge in [0.25, 0.3) is 5.91 Å². The predicted octanol–water partition coefficient (Wildman–Crippen LogP) is 2.07. The molecule has 1 saturated heterocycles. The van der Waals surface area contributed by atoms with Crippen LogP contribution in [0.2, 0.25) is 0 Å². The Kier molecular flexibility index (Phi) is 2.02. The van der Waals surface area contributed by atoms with Crippen LogP contribution in [-0.2, 0) is 0 Å². The van der Waals surface area contributed by atoms with E-state index in [9.17, 15) is 4.79 Å². The number of likely N-dealkylation sites (tertiary alicyclic amines) is 1. The van der Waals surface area contributed by atoms with E-state index in [1.165, 1.54) is 6.42 Å². The first-order valence-corrected chi connectivity index (χ1v) is 5.77. The van der Waals surface area contributed by atoms with Gasteiger partial charge in [0, 0.05) is 18.0 Å². The number of hydrogen-bond acceptors (Lipinski definition) is 2. The fraction of sp³-hybridized carbons (Fsp3) is 0.417.